The normalized spacial score (nSPS) is 10.1. The molecule has 1 aromatic carbocycles. The molecule has 18 heavy (non-hydrogen) atoms. The molecular formula is C12H7BrINO3. The quantitative estimate of drug-likeness (QED) is 0.760. The van der Waals surface area contributed by atoms with Crippen molar-refractivity contribution in [2.75, 3.05) is 5.32 Å². The van der Waals surface area contributed by atoms with Crippen LogP contribution in [0.2, 0.25) is 0 Å². The lowest BCUT2D eigenvalue weighted by Gasteiger charge is -2.06. The van der Waals surface area contributed by atoms with Crippen LogP contribution in [0.15, 0.2) is 50.3 Å². The van der Waals surface area contributed by atoms with Gasteiger partial charge in [-0.25, -0.2) is 4.79 Å². The highest BCUT2D eigenvalue weighted by Crippen LogP contribution is 2.18. The van der Waals surface area contributed by atoms with Gasteiger partial charge in [-0.15, -0.1) is 0 Å². The number of benzene rings is 1. The number of anilines is 1. The predicted molar refractivity (Wildman–Crippen MR) is 79.8 cm³/mol. The molecule has 1 aromatic heterocycles. The van der Waals surface area contributed by atoms with Crippen molar-refractivity contribution in [2.24, 2.45) is 0 Å². The lowest BCUT2D eigenvalue weighted by molar-refractivity contribution is 0.102. The van der Waals surface area contributed by atoms with Crippen molar-refractivity contribution >= 4 is 50.1 Å². The van der Waals surface area contributed by atoms with Crippen molar-refractivity contribution in [1.82, 2.24) is 0 Å². The maximum Gasteiger partial charge on any atom is 0.350 e. The first-order valence-electron chi connectivity index (χ1n) is 4.92. The second kappa shape index (κ2) is 5.66. The zero-order valence-corrected chi connectivity index (χ0v) is 12.7. The van der Waals surface area contributed by atoms with Gasteiger partial charge in [-0.2, -0.15) is 0 Å². The van der Waals surface area contributed by atoms with Crippen LogP contribution >= 0.6 is 38.5 Å². The summed E-state index contributed by atoms with van der Waals surface area (Å²) in [6, 6.07) is 8.83. The first-order valence-corrected chi connectivity index (χ1v) is 6.79. The van der Waals surface area contributed by atoms with Gasteiger partial charge in [0.2, 0.25) is 0 Å². The van der Waals surface area contributed by atoms with E-state index in [4.69, 9.17) is 4.42 Å². The van der Waals surface area contributed by atoms with E-state index in [2.05, 4.69) is 43.8 Å². The summed E-state index contributed by atoms with van der Waals surface area (Å²) in [5, 5.41) is 2.74. The molecule has 4 nitrogen and oxygen atoms in total. The van der Waals surface area contributed by atoms with Crippen LogP contribution < -0.4 is 10.9 Å². The van der Waals surface area contributed by atoms with Crippen LogP contribution in [0, 0.1) is 3.57 Å². The maximum atomic E-state index is 11.9. The summed E-state index contributed by atoms with van der Waals surface area (Å²) in [4.78, 5) is 23.0. The third-order valence-corrected chi connectivity index (χ3v) is 3.65. The fraction of sp³-hybridized carbons (Fsp3) is 0. The van der Waals surface area contributed by atoms with E-state index in [0.29, 0.717) is 5.69 Å². The molecule has 0 saturated heterocycles. The molecule has 0 aliphatic carbocycles. The molecule has 0 bridgehead atoms. The van der Waals surface area contributed by atoms with Gasteiger partial charge < -0.3 is 9.73 Å². The molecule has 0 spiro atoms. The lowest BCUT2D eigenvalue weighted by Crippen LogP contribution is -2.14. The van der Waals surface area contributed by atoms with E-state index in [1.54, 1.807) is 6.07 Å². The molecule has 0 aliphatic rings. The number of carbonyl (C=O) groups excluding carboxylic acids is 1. The molecule has 0 radical (unpaired) electrons. The molecule has 1 amide bonds. The van der Waals surface area contributed by atoms with Gasteiger partial charge in [0, 0.05) is 3.57 Å². The molecular weight excluding hydrogens is 413 g/mol. The molecule has 0 aliphatic heterocycles. The smallest absolute Gasteiger partial charge is 0.350 e. The molecule has 2 rings (SSSR count). The summed E-state index contributed by atoms with van der Waals surface area (Å²) in [6.07, 6.45) is 1.14. The van der Waals surface area contributed by atoms with Gasteiger partial charge >= 0.3 is 5.63 Å². The number of para-hydroxylation sites is 1. The van der Waals surface area contributed by atoms with Crippen molar-refractivity contribution < 1.29 is 9.21 Å². The molecule has 2 aromatic rings. The number of hydrogen-bond donors (Lipinski definition) is 1. The highest BCUT2D eigenvalue weighted by atomic mass is 127. The number of amides is 1. The number of hydrogen-bond acceptors (Lipinski definition) is 3. The SMILES string of the molecule is O=C(Nc1ccccc1I)c1coc(=O)c(Br)c1. The van der Waals surface area contributed by atoms with E-state index in [-0.39, 0.29) is 15.9 Å². The molecule has 6 heteroatoms. The number of rotatable bonds is 2. The fourth-order valence-electron chi connectivity index (χ4n) is 1.28. The van der Waals surface area contributed by atoms with Crippen LogP contribution in [0.25, 0.3) is 0 Å². The Hall–Kier alpha value is -1.15. The Labute approximate surface area is 125 Å². The predicted octanol–water partition coefficient (Wildman–Crippen LogP) is 3.26. The van der Waals surface area contributed by atoms with Gasteiger partial charge in [-0.3, -0.25) is 4.79 Å². The largest absolute Gasteiger partial charge is 0.430 e. The van der Waals surface area contributed by atoms with Crippen molar-refractivity contribution in [3.8, 4) is 0 Å². The first-order chi connectivity index (χ1) is 8.58. The van der Waals surface area contributed by atoms with Crippen molar-refractivity contribution in [3.05, 3.63) is 60.6 Å². The van der Waals surface area contributed by atoms with Crippen LogP contribution in [0.4, 0.5) is 5.69 Å². The minimum atomic E-state index is -0.513. The summed E-state index contributed by atoms with van der Waals surface area (Å²) >= 11 is 5.15. The molecule has 0 fully saturated rings. The minimum Gasteiger partial charge on any atom is -0.430 e. The topological polar surface area (TPSA) is 59.3 Å². The Morgan fingerprint density at radius 3 is 2.72 bits per heavy atom. The average molecular weight is 420 g/mol. The standard InChI is InChI=1S/C12H7BrINO3/c13-8-5-7(6-18-12(8)17)11(16)15-10-4-2-1-3-9(10)14/h1-6H,(H,15,16). The zero-order chi connectivity index (χ0) is 13.1. The fourth-order valence-corrected chi connectivity index (χ4v) is 2.14. The van der Waals surface area contributed by atoms with E-state index in [1.807, 2.05) is 18.2 Å². The van der Waals surface area contributed by atoms with Crippen molar-refractivity contribution in [2.45, 2.75) is 0 Å². The van der Waals surface area contributed by atoms with E-state index < -0.39 is 5.63 Å². The van der Waals surface area contributed by atoms with Gasteiger partial charge in [0.15, 0.2) is 0 Å². The van der Waals surface area contributed by atoms with E-state index in [0.717, 1.165) is 9.83 Å². The summed E-state index contributed by atoms with van der Waals surface area (Å²) in [7, 11) is 0. The highest BCUT2D eigenvalue weighted by Gasteiger charge is 2.10. The van der Waals surface area contributed by atoms with Gasteiger partial charge in [0.25, 0.3) is 5.91 Å². The first kappa shape index (κ1) is 13.3. The number of halogens is 2. The Morgan fingerprint density at radius 2 is 2.06 bits per heavy atom. The molecule has 0 atom stereocenters. The lowest BCUT2D eigenvalue weighted by atomic mass is 10.2. The van der Waals surface area contributed by atoms with Crippen molar-refractivity contribution in [1.29, 1.82) is 0 Å². The van der Waals surface area contributed by atoms with E-state index in [1.165, 1.54) is 6.07 Å². The van der Waals surface area contributed by atoms with Crippen LogP contribution in [-0.4, -0.2) is 5.91 Å². The van der Waals surface area contributed by atoms with Crippen LogP contribution in [-0.2, 0) is 0 Å². The van der Waals surface area contributed by atoms with Crippen LogP contribution in [0.3, 0.4) is 0 Å². The Balaban J connectivity index is 2.25. The molecule has 92 valence electrons. The van der Waals surface area contributed by atoms with Crippen LogP contribution in [0.1, 0.15) is 10.4 Å². The molecule has 0 saturated carbocycles. The molecule has 1 heterocycles. The summed E-state index contributed by atoms with van der Waals surface area (Å²) in [5.74, 6) is -0.330. The summed E-state index contributed by atoms with van der Waals surface area (Å²) in [5.41, 5.74) is 0.479. The van der Waals surface area contributed by atoms with E-state index in [9.17, 15) is 9.59 Å². The Morgan fingerprint density at radius 1 is 1.33 bits per heavy atom. The summed E-state index contributed by atoms with van der Waals surface area (Å²) < 4.78 is 5.86. The number of carbonyl (C=O) groups is 1. The maximum absolute atomic E-state index is 11.9. The second-order valence-electron chi connectivity index (χ2n) is 3.40. The minimum absolute atomic E-state index is 0.220. The third kappa shape index (κ3) is 2.99. The summed E-state index contributed by atoms with van der Waals surface area (Å²) in [6.45, 7) is 0. The monoisotopic (exact) mass is 419 g/mol. The van der Waals surface area contributed by atoms with Crippen molar-refractivity contribution in [3.63, 3.8) is 0 Å². The second-order valence-corrected chi connectivity index (χ2v) is 5.42. The van der Waals surface area contributed by atoms with Gasteiger partial charge in [-0.05, 0) is 56.7 Å². The Bertz CT molecular complexity index is 654. The van der Waals surface area contributed by atoms with Gasteiger partial charge in [-0.1, -0.05) is 12.1 Å². The third-order valence-electron chi connectivity index (χ3n) is 2.15. The molecule has 0 unspecified atom stereocenters. The van der Waals surface area contributed by atoms with Gasteiger partial charge in [0.1, 0.15) is 10.7 Å². The zero-order valence-electron chi connectivity index (χ0n) is 8.94. The Kier molecular flexibility index (Phi) is 4.18. The molecule has 1 N–H and O–H groups in total. The average Bonchev–Trinajstić information content (AvgIpc) is 2.35. The van der Waals surface area contributed by atoms with Gasteiger partial charge in [0.05, 0.1) is 11.3 Å². The number of nitrogens with one attached hydrogen (secondary N) is 1. The van der Waals surface area contributed by atoms with Crippen LogP contribution in [0.5, 0.6) is 0 Å². The van der Waals surface area contributed by atoms with E-state index >= 15 is 0 Å². The highest BCUT2D eigenvalue weighted by molar-refractivity contribution is 14.1.